The molecule has 1 unspecified atom stereocenters. The van der Waals surface area contributed by atoms with Crippen LogP contribution in [0.3, 0.4) is 0 Å². The number of halogens is 1. The highest BCUT2D eigenvalue weighted by Gasteiger charge is 2.28. The van der Waals surface area contributed by atoms with Crippen LogP contribution in [0.2, 0.25) is 5.02 Å². The summed E-state index contributed by atoms with van der Waals surface area (Å²) in [6.45, 7) is 6.15. The monoisotopic (exact) mass is 372 g/mol. The van der Waals surface area contributed by atoms with E-state index >= 15 is 0 Å². The molecule has 0 aliphatic carbocycles. The Labute approximate surface area is 145 Å². The standard InChI is InChI=1S/C15H17ClN2O5S/c1-8-7-12(16)5-6-13(8)22-11(4)15(19)18-24(20,21)14-9(2)17-23-10(14)3/h5-7,11H,1-4H3,(H,18,19). The molecule has 0 fully saturated rings. The normalized spacial score (nSPS) is 12.7. The van der Waals surface area contributed by atoms with Gasteiger partial charge in [-0.2, -0.15) is 0 Å². The summed E-state index contributed by atoms with van der Waals surface area (Å²) in [7, 11) is -4.09. The van der Waals surface area contributed by atoms with Crippen molar-refractivity contribution in [2.45, 2.75) is 38.7 Å². The van der Waals surface area contributed by atoms with Gasteiger partial charge in [0.25, 0.3) is 15.9 Å². The summed E-state index contributed by atoms with van der Waals surface area (Å²) in [5.41, 5.74) is 0.908. The van der Waals surface area contributed by atoms with Gasteiger partial charge in [0.15, 0.2) is 16.8 Å². The number of sulfonamides is 1. The Morgan fingerprint density at radius 2 is 2.00 bits per heavy atom. The molecule has 2 aromatic rings. The SMILES string of the molecule is Cc1cc(Cl)ccc1OC(C)C(=O)NS(=O)(=O)c1c(C)noc1C. The van der Waals surface area contributed by atoms with E-state index in [0.29, 0.717) is 10.8 Å². The number of aryl methyl sites for hydroxylation is 3. The minimum Gasteiger partial charge on any atom is -0.481 e. The number of carbonyl (C=O) groups is 1. The van der Waals surface area contributed by atoms with E-state index < -0.39 is 22.0 Å². The van der Waals surface area contributed by atoms with Gasteiger partial charge >= 0.3 is 0 Å². The molecule has 1 aromatic heterocycles. The first-order valence-corrected chi connectivity index (χ1v) is 8.90. The summed E-state index contributed by atoms with van der Waals surface area (Å²) in [4.78, 5) is 12.0. The van der Waals surface area contributed by atoms with Crippen molar-refractivity contribution >= 4 is 27.5 Å². The molecule has 0 radical (unpaired) electrons. The average Bonchev–Trinajstić information content (AvgIpc) is 2.81. The highest BCUT2D eigenvalue weighted by Crippen LogP contribution is 2.23. The second-order valence-electron chi connectivity index (χ2n) is 5.29. The van der Waals surface area contributed by atoms with Crippen LogP contribution in [0.5, 0.6) is 5.75 Å². The number of nitrogens with one attached hydrogen (secondary N) is 1. The second kappa shape index (κ2) is 6.82. The lowest BCUT2D eigenvalue weighted by Gasteiger charge is -2.16. The Morgan fingerprint density at radius 3 is 2.54 bits per heavy atom. The molecule has 9 heteroatoms. The average molecular weight is 373 g/mol. The Kier molecular flexibility index (Phi) is 5.19. The van der Waals surface area contributed by atoms with Crippen molar-refractivity contribution < 1.29 is 22.5 Å². The maximum absolute atomic E-state index is 12.3. The van der Waals surface area contributed by atoms with Crippen LogP contribution in [0.25, 0.3) is 0 Å². The molecule has 0 saturated heterocycles. The van der Waals surface area contributed by atoms with Crippen LogP contribution in [0.4, 0.5) is 0 Å². The van der Waals surface area contributed by atoms with Gasteiger partial charge in [-0.25, -0.2) is 13.1 Å². The van der Waals surface area contributed by atoms with E-state index in [1.807, 2.05) is 4.72 Å². The van der Waals surface area contributed by atoms with E-state index in [-0.39, 0.29) is 16.3 Å². The van der Waals surface area contributed by atoms with Crippen LogP contribution in [-0.2, 0) is 14.8 Å². The Balaban J connectivity index is 2.14. The Morgan fingerprint density at radius 1 is 1.33 bits per heavy atom. The lowest BCUT2D eigenvalue weighted by Crippen LogP contribution is -2.40. The van der Waals surface area contributed by atoms with Crippen molar-refractivity contribution in [3.05, 3.63) is 40.2 Å². The quantitative estimate of drug-likeness (QED) is 0.865. The number of carbonyl (C=O) groups excluding carboxylic acids is 1. The predicted molar refractivity (Wildman–Crippen MR) is 87.6 cm³/mol. The van der Waals surface area contributed by atoms with Crippen LogP contribution < -0.4 is 9.46 Å². The summed E-state index contributed by atoms with van der Waals surface area (Å²) in [5.74, 6) is -0.254. The third kappa shape index (κ3) is 3.88. The molecule has 1 amide bonds. The molecule has 24 heavy (non-hydrogen) atoms. The molecule has 7 nitrogen and oxygen atoms in total. The molecule has 2 rings (SSSR count). The molecular formula is C15H17ClN2O5S. The first kappa shape index (κ1) is 18.3. The van der Waals surface area contributed by atoms with Crippen molar-refractivity contribution in [2.75, 3.05) is 0 Å². The van der Waals surface area contributed by atoms with E-state index in [4.69, 9.17) is 20.9 Å². The number of nitrogens with zero attached hydrogens (tertiary/aromatic N) is 1. The number of aromatic nitrogens is 1. The Hall–Kier alpha value is -2.06. The van der Waals surface area contributed by atoms with Crippen LogP contribution in [0.15, 0.2) is 27.6 Å². The van der Waals surface area contributed by atoms with E-state index in [1.54, 1.807) is 25.1 Å². The molecular weight excluding hydrogens is 356 g/mol. The summed E-state index contributed by atoms with van der Waals surface area (Å²) in [5, 5.41) is 4.11. The van der Waals surface area contributed by atoms with Gasteiger partial charge in [0, 0.05) is 5.02 Å². The van der Waals surface area contributed by atoms with Gasteiger partial charge in [-0.3, -0.25) is 4.79 Å². The first-order chi connectivity index (χ1) is 11.1. The first-order valence-electron chi connectivity index (χ1n) is 7.04. The topological polar surface area (TPSA) is 98.5 Å². The third-order valence-electron chi connectivity index (χ3n) is 3.28. The fraction of sp³-hybridized carbons (Fsp3) is 0.333. The fourth-order valence-corrected chi connectivity index (χ4v) is 3.72. The minimum absolute atomic E-state index is 0.106. The van der Waals surface area contributed by atoms with E-state index in [9.17, 15) is 13.2 Å². The maximum Gasteiger partial charge on any atom is 0.274 e. The zero-order valence-corrected chi connectivity index (χ0v) is 15.2. The van der Waals surface area contributed by atoms with Gasteiger partial charge < -0.3 is 9.26 Å². The van der Waals surface area contributed by atoms with Gasteiger partial charge in [-0.05, 0) is 51.5 Å². The van der Waals surface area contributed by atoms with Crippen LogP contribution in [-0.4, -0.2) is 25.6 Å². The van der Waals surface area contributed by atoms with Crippen molar-refractivity contribution in [1.82, 2.24) is 9.88 Å². The lowest BCUT2D eigenvalue weighted by atomic mass is 10.2. The Bertz CT molecular complexity index is 856. The number of hydrogen-bond donors (Lipinski definition) is 1. The van der Waals surface area contributed by atoms with Gasteiger partial charge in [0.2, 0.25) is 0 Å². The molecule has 0 spiro atoms. The van der Waals surface area contributed by atoms with Crippen molar-refractivity contribution in [3.8, 4) is 5.75 Å². The molecule has 1 N–H and O–H groups in total. The zero-order valence-electron chi connectivity index (χ0n) is 13.6. The van der Waals surface area contributed by atoms with Gasteiger partial charge in [-0.1, -0.05) is 16.8 Å². The summed E-state index contributed by atoms with van der Waals surface area (Å²) < 4.78 is 36.9. The smallest absolute Gasteiger partial charge is 0.274 e. The van der Waals surface area contributed by atoms with Crippen LogP contribution in [0, 0.1) is 20.8 Å². The number of amides is 1. The number of hydrogen-bond acceptors (Lipinski definition) is 6. The zero-order chi connectivity index (χ0) is 18.1. The summed E-state index contributed by atoms with van der Waals surface area (Å²) in [6.07, 6.45) is -1.03. The third-order valence-corrected chi connectivity index (χ3v) is 5.11. The van der Waals surface area contributed by atoms with E-state index in [0.717, 1.165) is 5.56 Å². The highest BCUT2D eigenvalue weighted by atomic mass is 35.5. The maximum atomic E-state index is 12.3. The number of rotatable bonds is 5. The molecule has 0 aliphatic heterocycles. The minimum atomic E-state index is -4.09. The lowest BCUT2D eigenvalue weighted by molar-refractivity contribution is -0.125. The van der Waals surface area contributed by atoms with Crippen LogP contribution >= 0.6 is 11.6 Å². The molecule has 1 heterocycles. The largest absolute Gasteiger partial charge is 0.481 e. The van der Waals surface area contributed by atoms with E-state index in [1.165, 1.54) is 20.8 Å². The number of benzene rings is 1. The second-order valence-corrected chi connectivity index (χ2v) is 7.35. The fourth-order valence-electron chi connectivity index (χ4n) is 2.11. The van der Waals surface area contributed by atoms with Gasteiger partial charge in [-0.15, -0.1) is 0 Å². The van der Waals surface area contributed by atoms with Gasteiger partial charge in [0.05, 0.1) is 0 Å². The molecule has 0 bridgehead atoms. The predicted octanol–water partition coefficient (Wildman–Crippen LogP) is 2.53. The van der Waals surface area contributed by atoms with Crippen LogP contribution in [0.1, 0.15) is 23.9 Å². The summed E-state index contributed by atoms with van der Waals surface area (Å²) >= 11 is 5.86. The van der Waals surface area contributed by atoms with Crippen molar-refractivity contribution in [3.63, 3.8) is 0 Å². The van der Waals surface area contributed by atoms with Crippen molar-refractivity contribution in [2.24, 2.45) is 0 Å². The molecule has 0 saturated carbocycles. The summed E-state index contributed by atoms with van der Waals surface area (Å²) in [6, 6.07) is 4.92. The highest BCUT2D eigenvalue weighted by molar-refractivity contribution is 7.90. The molecule has 1 aromatic carbocycles. The van der Waals surface area contributed by atoms with Crippen molar-refractivity contribution in [1.29, 1.82) is 0 Å². The molecule has 1 atom stereocenters. The van der Waals surface area contributed by atoms with E-state index in [2.05, 4.69) is 5.16 Å². The number of ether oxygens (including phenoxy) is 1. The molecule has 130 valence electrons. The van der Waals surface area contributed by atoms with Gasteiger partial charge in [0.1, 0.15) is 11.4 Å². The molecule has 0 aliphatic rings.